The van der Waals surface area contributed by atoms with Gasteiger partial charge < -0.3 is 4.74 Å². The molecular formula is C16H20FIO2. The molecule has 0 bridgehead atoms. The SMILES string of the molecule is CCOC(=O)/C(F)=C\C(CCCCI)c1ccccc1. The van der Waals surface area contributed by atoms with Crippen LogP contribution in [0.15, 0.2) is 42.2 Å². The van der Waals surface area contributed by atoms with Gasteiger partial charge >= 0.3 is 5.97 Å². The van der Waals surface area contributed by atoms with Crippen molar-refractivity contribution >= 4 is 28.6 Å². The van der Waals surface area contributed by atoms with Crippen LogP contribution in [0.5, 0.6) is 0 Å². The monoisotopic (exact) mass is 390 g/mol. The number of carbonyl (C=O) groups is 1. The number of hydrogen-bond acceptors (Lipinski definition) is 2. The first-order valence-electron chi connectivity index (χ1n) is 6.84. The average molecular weight is 390 g/mol. The van der Waals surface area contributed by atoms with Crippen LogP contribution < -0.4 is 0 Å². The van der Waals surface area contributed by atoms with Crippen LogP contribution in [0.25, 0.3) is 0 Å². The highest BCUT2D eigenvalue weighted by Gasteiger charge is 2.15. The maximum absolute atomic E-state index is 13.8. The van der Waals surface area contributed by atoms with Crippen LogP contribution in [0.4, 0.5) is 4.39 Å². The lowest BCUT2D eigenvalue weighted by Gasteiger charge is -2.13. The van der Waals surface area contributed by atoms with Crippen molar-refractivity contribution in [3.8, 4) is 0 Å². The Hall–Kier alpha value is -0.910. The van der Waals surface area contributed by atoms with Crippen molar-refractivity contribution in [1.29, 1.82) is 0 Å². The molecule has 1 unspecified atom stereocenters. The molecule has 1 aromatic rings. The first-order valence-corrected chi connectivity index (χ1v) is 8.37. The summed E-state index contributed by atoms with van der Waals surface area (Å²) in [4.78, 5) is 11.4. The fourth-order valence-electron chi connectivity index (χ4n) is 1.95. The van der Waals surface area contributed by atoms with Crippen molar-refractivity contribution < 1.29 is 13.9 Å². The van der Waals surface area contributed by atoms with Crippen LogP contribution in [-0.2, 0) is 9.53 Å². The van der Waals surface area contributed by atoms with Gasteiger partial charge in [0.15, 0.2) is 0 Å². The van der Waals surface area contributed by atoms with E-state index in [0.717, 1.165) is 29.3 Å². The molecular weight excluding hydrogens is 370 g/mol. The van der Waals surface area contributed by atoms with Gasteiger partial charge in [0.1, 0.15) is 0 Å². The van der Waals surface area contributed by atoms with Gasteiger partial charge in [0, 0.05) is 5.92 Å². The molecule has 0 aliphatic heterocycles. The molecule has 110 valence electrons. The summed E-state index contributed by atoms with van der Waals surface area (Å²) in [6, 6.07) is 9.71. The summed E-state index contributed by atoms with van der Waals surface area (Å²) in [5.74, 6) is -1.75. The molecule has 1 rings (SSSR count). The third kappa shape index (κ3) is 6.03. The predicted molar refractivity (Wildman–Crippen MR) is 87.7 cm³/mol. The van der Waals surface area contributed by atoms with E-state index >= 15 is 0 Å². The molecule has 0 radical (unpaired) electrons. The van der Waals surface area contributed by atoms with Crippen LogP contribution in [0.2, 0.25) is 0 Å². The second kappa shape index (κ2) is 9.91. The van der Waals surface area contributed by atoms with Crippen molar-refractivity contribution in [1.82, 2.24) is 0 Å². The van der Waals surface area contributed by atoms with Gasteiger partial charge in [-0.3, -0.25) is 0 Å². The van der Waals surface area contributed by atoms with Crippen LogP contribution in [0.1, 0.15) is 37.7 Å². The number of esters is 1. The molecule has 0 fully saturated rings. The van der Waals surface area contributed by atoms with Crippen molar-refractivity contribution in [3.05, 3.63) is 47.8 Å². The van der Waals surface area contributed by atoms with Crippen molar-refractivity contribution in [3.63, 3.8) is 0 Å². The molecule has 0 heterocycles. The molecule has 20 heavy (non-hydrogen) atoms. The quantitative estimate of drug-likeness (QED) is 0.210. The Morgan fingerprint density at radius 1 is 1.35 bits per heavy atom. The molecule has 0 N–H and O–H groups in total. The minimum atomic E-state index is -0.873. The minimum absolute atomic E-state index is 0.0800. The fraction of sp³-hybridized carbons (Fsp3) is 0.438. The molecule has 0 saturated heterocycles. The van der Waals surface area contributed by atoms with Gasteiger partial charge in [-0.1, -0.05) is 59.3 Å². The maximum Gasteiger partial charge on any atom is 0.366 e. The van der Waals surface area contributed by atoms with E-state index in [9.17, 15) is 9.18 Å². The van der Waals surface area contributed by atoms with E-state index in [1.165, 1.54) is 6.08 Å². The Bertz CT molecular complexity index is 431. The molecule has 0 aliphatic carbocycles. The highest BCUT2D eigenvalue weighted by atomic mass is 127. The molecule has 0 saturated carbocycles. The molecule has 0 aromatic heterocycles. The second-order valence-corrected chi connectivity index (χ2v) is 5.52. The zero-order valence-corrected chi connectivity index (χ0v) is 13.8. The normalized spacial score (nSPS) is 13.1. The predicted octanol–water partition coefficient (Wildman–Crippen LogP) is 4.79. The summed E-state index contributed by atoms with van der Waals surface area (Å²) in [5.41, 5.74) is 1.03. The second-order valence-electron chi connectivity index (χ2n) is 4.44. The topological polar surface area (TPSA) is 26.3 Å². The van der Waals surface area contributed by atoms with Crippen LogP contribution >= 0.6 is 22.6 Å². The minimum Gasteiger partial charge on any atom is -0.461 e. The average Bonchev–Trinajstić information content (AvgIpc) is 2.47. The first kappa shape index (κ1) is 17.1. The van der Waals surface area contributed by atoms with E-state index in [-0.39, 0.29) is 12.5 Å². The van der Waals surface area contributed by atoms with Gasteiger partial charge in [0.05, 0.1) is 6.61 Å². The number of carbonyl (C=O) groups excluding carboxylic acids is 1. The lowest BCUT2D eigenvalue weighted by atomic mass is 9.93. The van der Waals surface area contributed by atoms with Crippen molar-refractivity contribution in [2.75, 3.05) is 11.0 Å². The Labute approximate surface area is 133 Å². The van der Waals surface area contributed by atoms with Crippen LogP contribution in [0, 0.1) is 0 Å². The van der Waals surface area contributed by atoms with Gasteiger partial charge in [-0.05, 0) is 35.8 Å². The van der Waals surface area contributed by atoms with Gasteiger partial charge in [-0.15, -0.1) is 0 Å². The number of allylic oxidation sites excluding steroid dienone is 1. The number of alkyl halides is 1. The van der Waals surface area contributed by atoms with E-state index in [1.54, 1.807) is 6.92 Å². The van der Waals surface area contributed by atoms with E-state index in [4.69, 9.17) is 0 Å². The fourth-order valence-corrected chi connectivity index (χ4v) is 2.49. The molecule has 1 atom stereocenters. The highest BCUT2D eigenvalue weighted by Crippen LogP contribution is 2.25. The van der Waals surface area contributed by atoms with Crippen molar-refractivity contribution in [2.24, 2.45) is 0 Å². The molecule has 4 heteroatoms. The van der Waals surface area contributed by atoms with Gasteiger partial charge in [-0.2, -0.15) is 4.39 Å². The Kier molecular flexibility index (Phi) is 8.49. The Morgan fingerprint density at radius 2 is 2.05 bits per heavy atom. The number of unbranched alkanes of at least 4 members (excludes halogenated alkanes) is 1. The van der Waals surface area contributed by atoms with Crippen LogP contribution in [-0.4, -0.2) is 17.0 Å². The van der Waals surface area contributed by atoms with Crippen molar-refractivity contribution in [2.45, 2.75) is 32.1 Å². The molecule has 1 aromatic carbocycles. The summed E-state index contributed by atoms with van der Waals surface area (Å²) in [6.45, 7) is 1.85. The summed E-state index contributed by atoms with van der Waals surface area (Å²) >= 11 is 2.33. The number of rotatable bonds is 8. The lowest BCUT2D eigenvalue weighted by Crippen LogP contribution is -2.06. The molecule has 0 amide bonds. The Morgan fingerprint density at radius 3 is 2.65 bits per heavy atom. The van der Waals surface area contributed by atoms with E-state index in [2.05, 4.69) is 27.3 Å². The van der Waals surface area contributed by atoms with Gasteiger partial charge in [0.2, 0.25) is 5.83 Å². The van der Waals surface area contributed by atoms with E-state index in [0.29, 0.717) is 0 Å². The molecule has 0 aliphatic rings. The standard InChI is InChI=1S/C16H20FIO2/c1-2-20-16(19)15(17)12-14(10-6-7-11-18)13-8-4-3-5-9-13/h3-5,8-9,12,14H,2,6-7,10-11H2,1H3/b15-12+. The van der Waals surface area contributed by atoms with E-state index in [1.807, 2.05) is 30.3 Å². The van der Waals surface area contributed by atoms with Gasteiger partial charge in [-0.25, -0.2) is 4.79 Å². The first-order chi connectivity index (χ1) is 9.69. The summed E-state index contributed by atoms with van der Waals surface area (Å²) < 4.78 is 19.6. The summed E-state index contributed by atoms with van der Waals surface area (Å²) in [6.07, 6.45) is 4.33. The number of halogens is 2. The zero-order valence-electron chi connectivity index (χ0n) is 11.6. The Balaban J connectivity index is 2.82. The molecule has 2 nitrogen and oxygen atoms in total. The van der Waals surface area contributed by atoms with Gasteiger partial charge in [0.25, 0.3) is 0 Å². The third-order valence-electron chi connectivity index (χ3n) is 2.94. The third-order valence-corrected chi connectivity index (χ3v) is 3.71. The highest BCUT2D eigenvalue weighted by molar-refractivity contribution is 14.1. The summed E-state index contributed by atoms with van der Waals surface area (Å²) in [5, 5.41) is 0. The summed E-state index contributed by atoms with van der Waals surface area (Å²) in [7, 11) is 0. The smallest absolute Gasteiger partial charge is 0.366 e. The lowest BCUT2D eigenvalue weighted by molar-refractivity contribution is -0.140. The van der Waals surface area contributed by atoms with E-state index < -0.39 is 11.8 Å². The largest absolute Gasteiger partial charge is 0.461 e. The maximum atomic E-state index is 13.8. The number of benzene rings is 1. The van der Waals surface area contributed by atoms with Crippen LogP contribution in [0.3, 0.4) is 0 Å². The zero-order chi connectivity index (χ0) is 14.8. The number of ether oxygens (including phenoxy) is 1. The number of hydrogen-bond donors (Lipinski definition) is 0. The molecule has 0 spiro atoms.